The predicted molar refractivity (Wildman–Crippen MR) is 77.6 cm³/mol. The Kier molecular flexibility index (Phi) is 4.32. The van der Waals surface area contributed by atoms with E-state index in [1.807, 2.05) is 25.1 Å². The summed E-state index contributed by atoms with van der Waals surface area (Å²) in [5.74, 6) is -0.429. The van der Waals surface area contributed by atoms with Gasteiger partial charge in [-0.2, -0.15) is 0 Å². The Morgan fingerprint density at radius 1 is 1.21 bits per heavy atom. The van der Waals surface area contributed by atoms with Crippen LogP contribution in [0.5, 0.6) is 0 Å². The molecule has 0 heterocycles. The van der Waals surface area contributed by atoms with Crippen LogP contribution in [0.3, 0.4) is 0 Å². The molecule has 1 amide bonds. The van der Waals surface area contributed by atoms with E-state index in [0.717, 1.165) is 21.3 Å². The predicted octanol–water partition coefficient (Wildman–Crippen LogP) is 4.08. The van der Waals surface area contributed by atoms with Crippen molar-refractivity contribution in [3.8, 4) is 0 Å². The fraction of sp³-hybridized carbons (Fsp3) is 0.133. The van der Waals surface area contributed by atoms with Crippen LogP contribution in [0.4, 0.5) is 10.1 Å². The van der Waals surface area contributed by atoms with Gasteiger partial charge in [0, 0.05) is 4.47 Å². The molecule has 0 aliphatic carbocycles. The van der Waals surface area contributed by atoms with Gasteiger partial charge in [-0.1, -0.05) is 18.2 Å². The van der Waals surface area contributed by atoms with Gasteiger partial charge in [-0.15, -0.1) is 0 Å². The average molecular weight is 322 g/mol. The first-order valence-corrected chi connectivity index (χ1v) is 6.64. The lowest BCUT2D eigenvalue weighted by Gasteiger charge is -2.08. The summed E-state index contributed by atoms with van der Waals surface area (Å²) >= 11 is 3.41. The molecule has 1 N–H and O–H groups in total. The number of hydrogen-bond donors (Lipinski definition) is 1. The van der Waals surface area contributed by atoms with Crippen molar-refractivity contribution in [3.05, 3.63) is 63.9 Å². The molecule has 2 nitrogen and oxygen atoms in total. The first-order valence-electron chi connectivity index (χ1n) is 5.85. The van der Waals surface area contributed by atoms with Crippen molar-refractivity contribution in [2.75, 3.05) is 5.32 Å². The summed E-state index contributed by atoms with van der Waals surface area (Å²) in [7, 11) is 0. The Hall–Kier alpha value is -1.68. The number of benzene rings is 2. The van der Waals surface area contributed by atoms with E-state index < -0.39 is 0 Å². The van der Waals surface area contributed by atoms with Crippen LogP contribution in [0.1, 0.15) is 11.1 Å². The summed E-state index contributed by atoms with van der Waals surface area (Å²) in [6.07, 6.45) is 0.223. The van der Waals surface area contributed by atoms with Gasteiger partial charge in [-0.05, 0) is 58.2 Å². The van der Waals surface area contributed by atoms with Crippen LogP contribution in [0.2, 0.25) is 0 Å². The van der Waals surface area contributed by atoms with Crippen molar-refractivity contribution in [2.24, 2.45) is 0 Å². The van der Waals surface area contributed by atoms with Gasteiger partial charge in [0.15, 0.2) is 0 Å². The topological polar surface area (TPSA) is 29.1 Å². The van der Waals surface area contributed by atoms with Gasteiger partial charge in [0.2, 0.25) is 5.91 Å². The highest BCUT2D eigenvalue weighted by molar-refractivity contribution is 9.10. The first kappa shape index (κ1) is 13.7. The van der Waals surface area contributed by atoms with Gasteiger partial charge in [0.25, 0.3) is 0 Å². The molecule has 0 saturated carbocycles. The first-order chi connectivity index (χ1) is 9.04. The van der Waals surface area contributed by atoms with Crippen LogP contribution in [0.25, 0.3) is 0 Å². The number of anilines is 1. The molecule has 0 saturated heterocycles. The summed E-state index contributed by atoms with van der Waals surface area (Å²) in [5, 5.41) is 2.82. The second-order valence-electron chi connectivity index (χ2n) is 4.33. The Morgan fingerprint density at radius 3 is 2.53 bits per heavy atom. The molecule has 0 atom stereocenters. The number of halogens is 2. The van der Waals surface area contributed by atoms with Crippen LogP contribution in [-0.4, -0.2) is 5.91 Å². The number of carbonyl (C=O) groups excluding carboxylic acids is 1. The van der Waals surface area contributed by atoms with E-state index >= 15 is 0 Å². The molecule has 0 aliphatic heterocycles. The van der Waals surface area contributed by atoms with Crippen LogP contribution in [0.15, 0.2) is 46.9 Å². The fourth-order valence-electron chi connectivity index (χ4n) is 1.70. The molecule has 2 aromatic carbocycles. The lowest BCUT2D eigenvalue weighted by atomic mass is 10.1. The van der Waals surface area contributed by atoms with Crippen molar-refractivity contribution >= 4 is 27.5 Å². The third-order valence-electron chi connectivity index (χ3n) is 2.68. The minimum absolute atomic E-state index is 0.129. The summed E-state index contributed by atoms with van der Waals surface area (Å²) in [6.45, 7) is 1.98. The second kappa shape index (κ2) is 5.97. The zero-order chi connectivity index (χ0) is 13.8. The molecule has 0 unspecified atom stereocenters. The van der Waals surface area contributed by atoms with Crippen LogP contribution in [-0.2, 0) is 11.2 Å². The molecule has 2 rings (SSSR count). The summed E-state index contributed by atoms with van der Waals surface area (Å²) in [5.41, 5.74) is 2.63. The molecule has 0 fully saturated rings. The van der Waals surface area contributed by atoms with E-state index in [0.29, 0.717) is 0 Å². The maximum absolute atomic E-state index is 12.8. The number of aryl methyl sites for hydroxylation is 1. The summed E-state index contributed by atoms with van der Waals surface area (Å²) in [4.78, 5) is 11.9. The number of carbonyl (C=O) groups is 1. The Morgan fingerprint density at radius 2 is 1.89 bits per heavy atom. The van der Waals surface area contributed by atoms with E-state index in [1.165, 1.54) is 12.1 Å². The molecule has 0 bridgehead atoms. The molecule has 0 spiro atoms. The standard InChI is InChI=1S/C15H13BrFNO/c1-10-2-7-14(13(16)8-10)18-15(19)9-11-3-5-12(17)6-4-11/h2-8H,9H2,1H3,(H,18,19). The number of rotatable bonds is 3. The van der Waals surface area contributed by atoms with Crippen molar-refractivity contribution in [1.29, 1.82) is 0 Å². The van der Waals surface area contributed by atoms with Crippen molar-refractivity contribution in [2.45, 2.75) is 13.3 Å². The van der Waals surface area contributed by atoms with Crippen LogP contribution in [0, 0.1) is 12.7 Å². The van der Waals surface area contributed by atoms with Gasteiger partial charge in [0.1, 0.15) is 5.82 Å². The maximum Gasteiger partial charge on any atom is 0.228 e. The third kappa shape index (κ3) is 3.89. The quantitative estimate of drug-likeness (QED) is 0.906. The Labute approximate surface area is 119 Å². The van der Waals surface area contributed by atoms with Gasteiger partial charge in [-0.3, -0.25) is 4.79 Å². The smallest absolute Gasteiger partial charge is 0.228 e. The minimum atomic E-state index is -0.301. The highest BCUT2D eigenvalue weighted by atomic mass is 79.9. The zero-order valence-corrected chi connectivity index (χ0v) is 12.0. The lowest BCUT2D eigenvalue weighted by molar-refractivity contribution is -0.115. The highest BCUT2D eigenvalue weighted by Gasteiger charge is 2.07. The molecule has 19 heavy (non-hydrogen) atoms. The van der Waals surface area contributed by atoms with Gasteiger partial charge in [-0.25, -0.2) is 4.39 Å². The molecular formula is C15H13BrFNO. The van der Waals surface area contributed by atoms with Crippen LogP contribution >= 0.6 is 15.9 Å². The van der Waals surface area contributed by atoms with E-state index in [-0.39, 0.29) is 18.1 Å². The van der Waals surface area contributed by atoms with E-state index in [4.69, 9.17) is 0 Å². The second-order valence-corrected chi connectivity index (χ2v) is 5.19. The van der Waals surface area contributed by atoms with Gasteiger partial charge >= 0.3 is 0 Å². The van der Waals surface area contributed by atoms with Gasteiger partial charge in [0.05, 0.1) is 12.1 Å². The molecular weight excluding hydrogens is 309 g/mol. The minimum Gasteiger partial charge on any atom is -0.325 e. The average Bonchev–Trinajstić information content (AvgIpc) is 2.36. The largest absolute Gasteiger partial charge is 0.325 e. The monoisotopic (exact) mass is 321 g/mol. The summed E-state index contributed by atoms with van der Waals surface area (Å²) < 4.78 is 13.6. The maximum atomic E-state index is 12.8. The highest BCUT2D eigenvalue weighted by Crippen LogP contribution is 2.23. The SMILES string of the molecule is Cc1ccc(NC(=O)Cc2ccc(F)cc2)c(Br)c1. The van der Waals surface area contributed by atoms with Gasteiger partial charge < -0.3 is 5.32 Å². The van der Waals surface area contributed by atoms with Crippen LogP contribution < -0.4 is 5.32 Å². The number of amides is 1. The van der Waals surface area contributed by atoms with E-state index in [1.54, 1.807) is 12.1 Å². The molecule has 4 heteroatoms. The molecule has 0 aliphatic rings. The summed E-state index contributed by atoms with van der Waals surface area (Å²) in [6, 6.07) is 11.6. The number of nitrogens with one attached hydrogen (secondary N) is 1. The molecule has 0 aromatic heterocycles. The molecule has 98 valence electrons. The normalized spacial score (nSPS) is 10.3. The van der Waals surface area contributed by atoms with E-state index in [9.17, 15) is 9.18 Å². The number of hydrogen-bond acceptors (Lipinski definition) is 1. The van der Waals surface area contributed by atoms with Crippen molar-refractivity contribution < 1.29 is 9.18 Å². The van der Waals surface area contributed by atoms with Crippen molar-refractivity contribution in [3.63, 3.8) is 0 Å². The zero-order valence-electron chi connectivity index (χ0n) is 10.4. The Balaban J connectivity index is 2.03. The van der Waals surface area contributed by atoms with Crippen molar-refractivity contribution in [1.82, 2.24) is 0 Å². The lowest BCUT2D eigenvalue weighted by Crippen LogP contribution is -2.14. The fourth-order valence-corrected chi connectivity index (χ4v) is 2.30. The molecule has 2 aromatic rings. The van der Waals surface area contributed by atoms with E-state index in [2.05, 4.69) is 21.2 Å². The molecule has 0 radical (unpaired) electrons. The third-order valence-corrected chi connectivity index (χ3v) is 3.33. The Bertz CT molecular complexity index is 596.